The monoisotopic (exact) mass is 457 g/mol. The van der Waals surface area contributed by atoms with Gasteiger partial charge in [-0.15, -0.1) is 0 Å². The van der Waals surface area contributed by atoms with Gasteiger partial charge in [-0.1, -0.05) is 77.3 Å². The molecule has 5 nitrogen and oxygen atoms in total. The second-order valence-corrected chi connectivity index (χ2v) is 8.30. The van der Waals surface area contributed by atoms with Crippen molar-refractivity contribution in [3.63, 3.8) is 0 Å². The average Bonchev–Trinajstić information content (AvgIpc) is 2.66. The summed E-state index contributed by atoms with van der Waals surface area (Å²) in [5.74, 6) is 0.139. The van der Waals surface area contributed by atoms with E-state index in [-0.39, 0.29) is 5.11 Å². The fraction of sp³-hybridized carbons (Fsp3) is 0.158. The predicted octanol–water partition coefficient (Wildman–Crippen LogP) is 4.51. The lowest BCUT2D eigenvalue weighted by molar-refractivity contribution is -0.117. The first-order valence-electron chi connectivity index (χ1n) is 8.10. The lowest BCUT2D eigenvalue weighted by atomic mass is 10.2. The number of thiocarbonyl (C=S) groups is 1. The molecule has 0 radical (unpaired) electrons. The highest BCUT2D eigenvalue weighted by molar-refractivity contribution is 7.80. The molecule has 0 spiro atoms. The number of amides is 1. The normalized spacial score (nSPS) is 12.3. The van der Waals surface area contributed by atoms with E-state index in [0.29, 0.717) is 11.4 Å². The number of rotatable bonds is 6. The van der Waals surface area contributed by atoms with Gasteiger partial charge < -0.3 is 20.7 Å². The molecule has 1 atom stereocenters. The molecule has 9 heteroatoms. The Morgan fingerprint density at radius 2 is 1.71 bits per heavy atom. The third-order valence-corrected chi connectivity index (χ3v) is 4.35. The lowest BCUT2D eigenvalue weighted by Crippen LogP contribution is -2.55. The molecule has 0 heterocycles. The third kappa shape index (κ3) is 7.20. The number of alkyl halides is 3. The Morgan fingerprint density at radius 1 is 1.07 bits per heavy atom. The van der Waals surface area contributed by atoms with Gasteiger partial charge in [-0.2, -0.15) is 0 Å². The number of halogens is 3. The number of para-hydroxylation sites is 2. The first-order chi connectivity index (χ1) is 13.3. The Morgan fingerprint density at radius 3 is 2.36 bits per heavy atom. The molecule has 0 saturated carbocycles. The van der Waals surface area contributed by atoms with Crippen LogP contribution in [-0.4, -0.2) is 28.1 Å². The van der Waals surface area contributed by atoms with E-state index in [9.17, 15) is 4.79 Å². The molecule has 1 amide bonds. The molecule has 0 fully saturated rings. The van der Waals surface area contributed by atoms with Gasteiger partial charge in [0.2, 0.25) is 9.70 Å². The summed E-state index contributed by atoms with van der Waals surface area (Å²) >= 11 is 23.2. The van der Waals surface area contributed by atoms with Crippen LogP contribution in [-0.2, 0) is 4.79 Å². The zero-order chi connectivity index (χ0) is 20.6. The fourth-order valence-corrected chi connectivity index (χ4v) is 2.72. The van der Waals surface area contributed by atoms with Crippen molar-refractivity contribution in [2.45, 2.75) is 9.96 Å². The van der Waals surface area contributed by atoms with Gasteiger partial charge >= 0.3 is 0 Å². The smallest absolute Gasteiger partial charge is 0.245 e. The van der Waals surface area contributed by atoms with Gasteiger partial charge in [0, 0.05) is 6.08 Å². The topological polar surface area (TPSA) is 62.4 Å². The van der Waals surface area contributed by atoms with Crippen LogP contribution in [0.1, 0.15) is 5.56 Å². The van der Waals surface area contributed by atoms with Crippen molar-refractivity contribution < 1.29 is 9.53 Å². The van der Waals surface area contributed by atoms with E-state index in [1.807, 2.05) is 42.5 Å². The van der Waals surface area contributed by atoms with Crippen molar-refractivity contribution in [2.75, 3.05) is 12.4 Å². The van der Waals surface area contributed by atoms with Gasteiger partial charge in [0.1, 0.15) is 11.9 Å². The summed E-state index contributed by atoms with van der Waals surface area (Å²) < 4.78 is 3.41. The number of carbonyl (C=O) groups is 1. The summed E-state index contributed by atoms with van der Waals surface area (Å²) in [6, 6.07) is 16.5. The molecule has 0 aliphatic heterocycles. The van der Waals surface area contributed by atoms with E-state index in [0.717, 1.165) is 5.56 Å². The van der Waals surface area contributed by atoms with E-state index in [2.05, 4.69) is 16.0 Å². The molecule has 0 bridgehead atoms. The Bertz CT molecular complexity index is 842. The van der Waals surface area contributed by atoms with Crippen molar-refractivity contribution in [1.82, 2.24) is 10.6 Å². The zero-order valence-corrected chi connectivity index (χ0v) is 17.9. The molecule has 28 heavy (non-hydrogen) atoms. The number of ether oxygens (including phenoxy) is 1. The summed E-state index contributed by atoms with van der Waals surface area (Å²) in [6.07, 6.45) is 1.92. The van der Waals surface area contributed by atoms with E-state index in [1.165, 1.54) is 6.08 Å². The quantitative estimate of drug-likeness (QED) is 0.257. The summed E-state index contributed by atoms with van der Waals surface area (Å²) in [4.78, 5) is 12.2. The number of hydrogen-bond acceptors (Lipinski definition) is 3. The van der Waals surface area contributed by atoms with Crippen molar-refractivity contribution >= 4 is 69.8 Å². The maximum Gasteiger partial charge on any atom is 0.245 e. The number of carbonyl (C=O) groups excluding carboxylic acids is 1. The van der Waals surface area contributed by atoms with E-state index < -0.39 is 15.9 Å². The van der Waals surface area contributed by atoms with Crippen molar-refractivity contribution in [1.29, 1.82) is 0 Å². The molecule has 2 rings (SSSR count). The van der Waals surface area contributed by atoms with Gasteiger partial charge in [-0.3, -0.25) is 4.79 Å². The maximum atomic E-state index is 12.2. The highest BCUT2D eigenvalue weighted by Crippen LogP contribution is 2.29. The predicted molar refractivity (Wildman–Crippen MR) is 120 cm³/mol. The third-order valence-electron chi connectivity index (χ3n) is 3.47. The minimum Gasteiger partial charge on any atom is -0.495 e. The van der Waals surface area contributed by atoms with Crippen molar-refractivity contribution in [3.05, 3.63) is 66.2 Å². The number of methoxy groups -OCH3 is 1. The average molecular weight is 459 g/mol. The molecule has 2 aromatic carbocycles. The van der Waals surface area contributed by atoms with Gasteiger partial charge in [-0.05, 0) is 36.0 Å². The molecular formula is C19H18Cl3N3O2S. The van der Waals surface area contributed by atoms with Crippen LogP contribution in [0.3, 0.4) is 0 Å². The molecule has 0 aromatic heterocycles. The van der Waals surface area contributed by atoms with Crippen LogP contribution in [0.25, 0.3) is 6.08 Å². The highest BCUT2D eigenvalue weighted by Gasteiger charge is 2.34. The van der Waals surface area contributed by atoms with Crippen LogP contribution in [0, 0.1) is 0 Å². The number of benzene rings is 2. The minimum atomic E-state index is -1.84. The van der Waals surface area contributed by atoms with Crippen LogP contribution in [0.5, 0.6) is 5.75 Å². The van der Waals surface area contributed by atoms with Crippen molar-refractivity contribution in [3.8, 4) is 5.75 Å². The molecular weight excluding hydrogens is 441 g/mol. The standard InChI is InChI=1S/C19H18Cl3N3O2S/c1-27-15-10-6-5-9-14(15)23-18(28)25-17(19(20,21)22)24-16(26)12-11-13-7-3-2-4-8-13/h2-12,17H,1H3,(H,24,26)(H2,23,25,28). The van der Waals surface area contributed by atoms with E-state index >= 15 is 0 Å². The van der Waals surface area contributed by atoms with Crippen LogP contribution >= 0.6 is 47.0 Å². The fourth-order valence-electron chi connectivity index (χ4n) is 2.16. The molecule has 2 aromatic rings. The number of anilines is 1. The Kier molecular flexibility index (Phi) is 8.38. The second-order valence-electron chi connectivity index (χ2n) is 5.53. The summed E-state index contributed by atoms with van der Waals surface area (Å²) in [6.45, 7) is 0. The van der Waals surface area contributed by atoms with E-state index in [1.54, 1.807) is 25.3 Å². The number of hydrogen-bond donors (Lipinski definition) is 3. The van der Waals surface area contributed by atoms with Crippen LogP contribution < -0.4 is 20.7 Å². The molecule has 0 aliphatic rings. The van der Waals surface area contributed by atoms with Gasteiger partial charge in [0.05, 0.1) is 12.8 Å². The summed E-state index contributed by atoms with van der Waals surface area (Å²) in [5.41, 5.74) is 1.49. The largest absolute Gasteiger partial charge is 0.495 e. The SMILES string of the molecule is COc1ccccc1NC(=S)NC(NC(=O)C=Cc1ccccc1)C(Cl)(Cl)Cl. The van der Waals surface area contributed by atoms with Gasteiger partial charge in [0.15, 0.2) is 5.11 Å². The number of nitrogens with one attached hydrogen (secondary N) is 3. The summed E-state index contributed by atoms with van der Waals surface area (Å²) in [7, 11) is 1.54. The first-order valence-corrected chi connectivity index (χ1v) is 9.64. The Labute approximate surface area is 184 Å². The highest BCUT2D eigenvalue weighted by atomic mass is 35.6. The molecule has 0 saturated heterocycles. The maximum absolute atomic E-state index is 12.2. The van der Waals surface area contributed by atoms with Crippen LogP contribution in [0.15, 0.2) is 60.7 Å². The Balaban J connectivity index is 2.02. The zero-order valence-electron chi connectivity index (χ0n) is 14.8. The summed E-state index contributed by atoms with van der Waals surface area (Å²) in [5, 5.41) is 8.46. The molecule has 1 unspecified atom stereocenters. The lowest BCUT2D eigenvalue weighted by Gasteiger charge is -2.27. The first kappa shape index (κ1) is 22.3. The van der Waals surface area contributed by atoms with Crippen LogP contribution in [0.4, 0.5) is 5.69 Å². The van der Waals surface area contributed by atoms with E-state index in [4.69, 9.17) is 51.8 Å². The molecule has 3 N–H and O–H groups in total. The molecule has 0 aliphatic carbocycles. The Hall–Kier alpha value is -1.99. The molecule has 148 valence electrons. The minimum absolute atomic E-state index is 0.146. The van der Waals surface area contributed by atoms with Crippen LogP contribution in [0.2, 0.25) is 0 Å². The second kappa shape index (κ2) is 10.5. The van der Waals surface area contributed by atoms with Gasteiger partial charge in [0.25, 0.3) is 0 Å². The van der Waals surface area contributed by atoms with Crippen molar-refractivity contribution in [2.24, 2.45) is 0 Å². The van der Waals surface area contributed by atoms with Gasteiger partial charge in [-0.25, -0.2) is 0 Å².